The summed E-state index contributed by atoms with van der Waals surface area (Å²) in [6.07, 6.45) is -0.725. The van der Waals surface area contributed by atoms with Crippen molar-refractivity contribution in [2.45, 2.75) is 31.5 Å². The van der Waals surface area contributed by atoms with E-state index >= 15 is 0 Å². The molecule has 0 saturated carbocycles. The molecule has 74 valence electrons. The first kappa shape index (κ1) is 11.8. The average molecular weight is 176 g/mol. The minimum atomic E-state index is -0.725. The number of aliphatic hydroxyl groups excluding tert-OH is 2. The molecule has 2 atom stereocenters. The zero-order valence-electron chi connectivity index (χ0n) is 8.28. The van der Waals surface area contributed by atoms with Crippen molar-refractivity contribution in [1.29, 1.82) is 0 Å². The van der Waals surface area contributed by atoms with Gasteiger partial charge in [0.2, 0.25) is 0 Å². The Morgan fingerprint density at radius 1 is 1.42 bits per heavy atom. The predicted molar refractivity (Wildman–Crippen MR) is 48.8 cm³/mol. The van der Waals surface area contributed by atoms with Gasteiger partial charge >= 0.3 is 0 Å². The smallest absolute Gasteiger partial charge is 0.0891 e. The summed E-state index contributed by atoms with van der Waals surface area (Å²) in [5, 5.41) is 18.4. The highest BCUT2D eigenvalue weighted by molar-refractivity contribution is 4.91. The molecule has 0 heterocycles. The maximum Gasteiger partial charge on any atom is 0.0891 e. The molecule has 2 unspecified atom stereocenters. The second-order valence-electron chi connectivity index (χ2n) is 3.84. The lowest BCUT2D eigenvalue weighted by atomic mass is 9.91. The molecule has 0 amide bonds. The third-order valence-electron chi connectivity index (χ3n) is 2.49. The fraction of sp³-hybridized carbons (Fsp3) is 1.00. The summed E-state index contributed by atoms with van der Waals surface area (Å²) in [6, 6.07) is -0.581. The highest BCUT2D eigenvalue weighted by atomic mass is 16.3. The van der Waals surface area contributed by atoms with Crippen LogP contribution in [0, 0.1) is 0 Å². The van der Waals surface area contributed by atoms with Crippen molar-refractivity contribution >= 4 is 0 Å². The van der Waals surface area contributed by atoms with Crippen LogP contribution in [0.25, 0.3) is 0 Å². The lowest BCUT2D eigenvalue weighted by Crippen LogP contribution is -2.57. The molecule has 0 radical (unpaired) electrons. The topological polar surface area (TPSA) is 69.7 Å². The van der Waals surface area contributed by atoms with E-state index in [9.17, 15) is 5.11 Å². The standard InChI is InChI=1S/C8H20N2O2/c1-8(2,10(3)4)7(12)6(9)5-11/h6-7,11-12H,5,9H2,1-4H3. The first-order chi connectivity index (χ1) is 5.34. The fourth-order valence-electron chi connectivity index (χ4n) is 0.888. The molecule has 0 bridgehead atoms. The molecule has 4 heteroatoms. The summed E-state index contributed by atoms with van der Waals surface area (Å²) in [4.78, 5) is 1.88. The molecule has 12 heavy (non-hydrogen) atoms. The van der Waals surface area contributed by atoms with Gasteiger partial charge in [-0.2, -0.15) is 0 Å². The van der Waals surface area contributed by atoms with E-state index < -0.39 is 17.7 Å². The van der Waals surface area contributed by atoms with E-state index in [2.05, 4.69) is 0 Å². The number of hydrogen-bond donors (Lipinski definition) is 3. The van der Waals surface area contributed by atoms with Gasteiger partial charge in [0.05, 0.1) is 18.8 Å². The van der Waals surface area contributed by atoms with E-state index in [1.165, 1.54) is 0 Å². The first-order valence-corrected chi connectivity index (χ1v) is 4.06. The summed E-state index contributed by atoms with van der Waals surface area (Å²) in [5.41, 5.74) is 5.10. The van der Waals surface area contributed by atoms with Crippen LogP contribution in [0.1, 0.15) is 13.8 Å². The van der Waals surface area contributed by atoms with Crippen LogP contribution >= 0.6 is 0 Å². The third kappa shape index (κ3) is 2.42. The van der Waals surface area contributed by atoms with Crippen molar-refractivity contribution < 1.29 is 10.2 Å². The Bertz CT molecular complexity index is 137. The lowest BCUT2D eigenvalue weighted by Gasteiger charge is -2.39. The molecule has 0 aromatic rings. The minimum Gasteiger partial charge on any atom is -0.395 e. The molecule has 0 rings (SSSR count). The summed E-state index contributed by atoms with van der Waals surface area (Å²) in [6.45, 7) is 3.57. The Hall–Kier alpha value is -0.160. The molecular formula is C8H20N2O2. The van der Waals surface area contributed by atoms with Gasteiger partial charge in [-0.15, -0.1) is 0 Å². The van der Waals surface area contributed by atoms with Gasteiger partial charge in [0.25, 0.3) is 0 Å². The Morgan fingerprint density at radius 2 is 1.83 bits per heavy atom. The SMILES string of the molecule is CN(C)C(C)(C)C(O)C(N)CO. The van der Waals surface area contributed by atoms with Crippen LogP contribution in [0.3, 0.4) is 0 Å². The van der Waals surface area contributed by atoms with E-state index in [1.54, 1.807) is 0 Å². The molecule has 4 N–H and O–H groups in total. The molecule has 0 spiro atoms. The van der Waals surface area contributed by atoms with Crippen LogP contribution in [-0.2, 0) is 0 Å². The van der Waals surface area contributed by atoms with Crippen molar-refractivity contribution in [3.05, 3.63) is 0 Å². The van der Waals surface area contributed by atoms with E-state index in [0.717, 1.165) is 0 Å². The van der Waals surface area contributed by atoms with E-state index in [1.807, 2.05) is 32.8 Å². The first-order valence-electron chi connectivity index (χ1n) is 4.06. The minimum absolute atomic E-state index is 0.196. The quantitative estimate of drug-likeness (QED) is 0.514. The summed E-state index contributed by atoms with van der Waals surface area (Å²) >= 11 is 0. The van der Waals surface area contributed by atoms with Crippen LogP contribution in [0.4, 0.5) is 0 Å². The Kier molecular flexibility index (Phi) is 4.13. The van der Waals surface area contributed by atoms with E-state index in [-0.39, 0.29) is 6.61 Å². The molecule has 0 aliphatic rings. The monoisotopic (exact) mass is 176 g/mol. The van der Waals surface area contributed by atoms with E-state index in [0.29, 0.717) is 0 Å². The maximum absolute atomic E-state index is 9.69. The third-order valence-corrected chi connectivity index (χ3v) is 2.49. The highest BCUT2D eigenvalue weighted by Crippen LogP contribution is 2.17. The maximum atomic E-state index is 9.69. The van der Waals surface area contributed by atoms with Crippen LogP contribution < -0.4 is 5.73 Å². The molecule has 0 saturated heterocycles. The van der Waals surface area contributed by atoms with Crippen molar-refractivity contribution in [2.75, 3.05) is 20.7 Å². The van der Waals surface area contributed by atoms with Gasteiger partial charge in [0.15, 0.2) is 0 Å². The second-order valence-corrected chi connectivity index (χ2v) is 3.84. The number of hydrogen-bond acceptors (Lipinski definition) is 4. The van der Waals surface area contributed by atoms with Gasteiger partial charge in [-0.1, -0.05) is 0 Å². The molecule has 0 aromatic carbocycles. The molecular weight excluding hydrogens is 156 g/mol. The van der Waals surface area contributed by atoms with E-state index in [4.69, 9.17) is 10.8 Å². The average Bonchev–Trinajstić information content (AvgIpc) is 2.01. The van der Waals surface area contributed by atoms with Crippen LogP contribution in [0.15, 0.2) is 0 Å². The molecule has 0 aliphatic carbocycles. The summed E-state index contributed by atoms with van der Waals surface area (Å²) in [7, 11) is 3.74. The largest absolute Gasteiger partial charge is 0.395 e. The predicted octanol–water partition coefficient (Wildman–Crippen LogP) is -0.993. The van der Waals surface area contributed by atoms with Crippen molar-refractivity contribution in [3.63, 3.8) is 0 Å². The van der Waals surface area contributed by atoms with Crippen molar-refractivity contribution in [1.82, 2.24) is 4.90 Å². The number of likely N-dealkylation sites (N-methyl/N-ethyl adjacent to an activating group) is 1. The zero-order chi connectivity index (χ0) is 9.94. The Balaban J connectivity index is 4.34. The van der Waals surface area contributed by atoms with Crippen LogP contribution in [0.5, 0.6) is 0 Å². The van der Waals surface area contributed by atoms with Gasteiger partial charge in [0, 0.05) is 5.54 Å². The summed E-state index contributed by atoms with van der Waals surface area (Å²) in [5.74, 6) is 0. The van der Waals surface area contributed by atoms with Crippen molar-refractivity contribution in [2.24, 2.45) is 5.73 Å². The van der Waals surface area contributed by atoms with Crippen LogP contribution in [-0.4, -0.2) is 53.5 Å². The number of nitrogens with two attached hydrogens (primary N) is 1. The second kappa shape index (κ2) is 4.18. The van der Waals surface area contributed by atoms with Gasteiger partial charge in [-0.25, -0.2) is 0 Å². The highest BCUT2D eigenvalue weighted by Gasteiger charge is 2.33. The normalized spacial score (nSPS) is 18.0. The molecule has 4 nitrogen and oxygen atoms in total. The van der Waals surface area contributed by atoms with Gasteiger partial charge in [-0.05, 0) is 27.9 Å². The number of aliphatic hydroxyl groups is 2. The lowest BCUT2D eigenvalue weighted by molar-refractivity contribution is -0.0102. The van der Waals surface area contributed by atoms with Gasteiger partial charge < -0.3 is 20.8 Å². The van der Waals surface area contributed by atoms with Gasteiger partial charge in [0.1, 0.15) is 0 Å². The number of nitrogens with zero attached hydrogens (tertiary/aromatic N) is 1. The molecule has 0 fully saturated rings. The summed E-state index contributed by atoms with van der Waals surface area (Å²) < 4.78 is 0. The number of rotatable bonds is 4. The van der Waals surface area contributed by atoms with Crippen LogP contribution in [0.2, 0.25) is 0 Å². The Morgan fingerprint density at radius 3 is 2.08 bits per heavy atom. The Labute approximate surface area is 74.0 Å². The molecule has 0 aliphatic heterocycles. The van der Waals surface area contributed by atoms with Crippen molar-refractivity contribution in [3.8, 4) is 0 Å². The molecule has 0 aromatic heterocycles. The fourth-order valence-corrected chi connectivity index (χ4v) is 0.888. The zero-order valence-corrected chi connectivity index (χ0v) is 8.28. The van der Waals surface area contributed by atoms with Gasteiger partial charge in [-0.3, -0.25) is 0 Å².